The Bertz CT molecular complexity index is 528. The Morgan fingerprint density at radius 1 is 1.35 bits per heavy atom. The third-order valence-corrected chi connectivity index (χ3v) is 4.07. The topological polar surface area (TPSA) is 56.7 Å². The molecule has 3 rings (SSSR count). The van der Waals surface area contributed by atoms with Gasteiger partial charge < -0.3 is 5.32 Å². The molecule has 2 heterocycles. The lowest BCUT2D eigenvalue weighted by Gasteiger charge is -2.38. The molecule has 5 heteroatoms. The number of nitrogens with zero attached hydrogens (tertiary/aromatic N) is 2. The maximum atomic E-state index is 12.2. The first-order valence-corrected chi connectivity index (χ1v) is 7.04. The molecular weight excluding hydrogens is 252 g/mol. The van der Waals surface area contributed by atoms with E-state index in [0.29, 0.717) is 5.96 Å². The van der Waals surface area contributed by atoms with Gasteiger partial charge in [0.1, 0.15) is 5.54 Å². The average molecular weight is 272 g/mol. The van der Waals surface area contributed by atoms with Gasteiger partial charge in [0.05, 0.1) is 0 Å². The summed E-state index contributed by atoms with van der Waals surface area (Å²) in [6.07, 6.45) is 1.88. The SMILES string of the molecule is CN=C1NC(=O)C2(CCCN(Cc3ccccc3)C2)N1. The van der Waals surface area contributed by atoms with E-state index in [1.54, 1.807) is 7.05 Å². The molecule has 5 nitrogen and oxygen atoms in total. The zero-order valence-corrected chi connectivity index (χ0v) is 11.7. The molecule has 2 aliphatic rings. The molecule has 1 spiro atoms. The molecule has 2 saturated heterocycles. The van der Waals surface area contributed by atoms with Crippen molar-refractivity contribution >= 4 is 11.9 Å². The van der Waals surface area contributed by atoms with E-state index in [0.717, 1.165) is 32.5 Å². The largest absolute Gasteiger partial charge is 0.341 e. The Morgan fingerprint density at radius 2 is 2.15 bits per heavy atom. The number of carbonyl (C=O) groups is 1. The maximum Gasteiger partial charge on any atom is 0.253 e. The van der Waals surface area contributed by atoms with Crippen molar-refractivity contribution in [2.24, 2.45) is 4.99 Å². The van der Waals surface area contributed by atoms with Crippen LogP contribution in [0, 0.1) is 0 Å². The summed E-state index contributed by atoms with van der Waals surface area (Å²) in [7, 11) is 1.69. The molecule has 0 radical (unpaired) electrons. The van der Waals surface area contributed by atoms with Gasteiger partial charge in [0, 0.05) is 20.1 Å². The Kier molecular flexibility index (Phi) is 3.44. The molecule has 0 aliphatic carbocycles. The number of aliphatic imine (C=N–C) groups is 1. The fourth-order valence-corrected chi connectivity index (χ4v) is 3.06. The Hall–Kier alpha value is -1.88. The number of rotatable bonds is 2. The van der Waals surface area contributed by atoms with Crippen LogP contribution in [-0.2, 0) is 11.3 Å². The van der Waals surface area contributed by atoms with Gasteiger partial charge in [-0.1, -0.05) is 30.3 Å². The van der Waals surface area contributed by atoms with E-state index in [1.807, 2.05) is 6.07 Å². The van der Waals surface area contributed by atoms with Crippen molar-refractivity contribution < 1.29 is 4.79 Å². The number of likely N-dealkylation sites (tertiary alicyclic amines) is 1. The highest BCUT2D eigenvalue weighted by molar-refractivity contribution is 6.09. The first-order valence-electron chi connectivity index (χ1n) is 7.04. The lowest BCUT2D eigenvalue weighted by atomic mass is 9.89. The minimum atomic E-state index is -0.498. The predicted octanol–water partition coefficient (Wildman–Crippen LogP) is 0.726. The second-order valence-corrected chi connectivity index (χ2v) is 5.53. The first-order chi connectivity index (χ1) is 9.72. The van der Waals surface area contributed by atoms with Crippen LogP contribution in [0.15, 0.2) is 35.3 Å². The molecule has 106 valence electrons. The smallest absolute Gasteiger partial charge is 0.253 e. The van der Waals surface area contributed by atoms with Crippen molar-refractivity contribution in [1.29, 1.82) is 0 Å². The fourth-order valence-electron chi connectivity index (χ4n) is 3.06. The van der Waals surface area contributed by atoms with Gasteiger partial charge >= 0.3 is 0 Å². The molecule has 1 amide bonds. The molecule has 2 N–H and O–H groups in total. The van der Waals surface area contributed by atoms with Gasteiger partial charge in [-0.05, 0) is 24.9 Å². The van der Waals surface area contributed by atoms with Crippen LogP contribution < -0.4 is 10.6 Å². The molecule has 1 atom stereocenters. The Labute approximate surface area is 119 Å². The quantitative estimate of drug-likeness (QED) is 0.834. The van der Waals surface area contributed by atoms with Crippen molar-refractivity contribution in [3.05, 3.63) is 35.9 Å². The van der Waals surface area contributed by atoms with Crippen molar-refractivity contribution in [2.45, 2.75) is 24.9 Å². The van der Waals surface area contributed by atoms with Gasteiger partial charge in [-0.25, -0.2) is 0 Å². The molecule has 1 aromatic carbocycles. The van der Waals surface area contributed by atoms with E-state index in [2.05, 4.69) is 44.8 Å². The number of amides is 1. The van der Waals surface area contributed by atoms with E-state index in [4.69, 9.17) is 0 Å². The summed E-state index contributed by atoms with van der Waals surface area (Å²) in [6.45, 7) is 2.65. The van der Waals surface area contributed by atoms with Gasteiger partial charge in [0.25, 0.3) is 5.91 Å². The second kappa shape index (κ2) is 5.25. The first kappa shape index (κ1) is 13.1. The van der Waals surface area contributed by atoms with Crippen LogP contribution in [0.3, 0.4) is 0 Å². The molecule has 0 aromatic heterocycles. The summed E-state index contributed by atoms with van der Waals surface area (Å²) >= 11 is 0. The number of hydrogen-bond acceptors (Lipinski definition) is 3. The van der Waals surface area contributed by atoms with E-state index in [9.17, 15) is 4.79 Å². The minimum Gasteiger partial charge on any atom is -0.341 e. The number of benzene rings is 1. The number of piperidine rings is 1. The monoisotopic (exact) mass is 272 g/mol. The maximum absolute atomic E-state index is 12.2. The van der Waals surface area contributed by atoms with E-state index < -0.39 is 5.54 Å². The molecular formula is C15H20N4O. The minimum absolute atomic E-state index is 0.0517. The fraction of sp³-hybridized carbons (Fsp3) is 0.467. The van der Waals surface area contributed by atoms with Crippen LogP contribution in [0.25, 0.3) is 0 Å². The van der Waals surface area contributed by atoms with Crippen molar-refractivity contribution in [3.63, 3.8) is 0 Å². The normalized spacial score (nSPS) is 28.6. The Morgan fingerprint density at radius 3 is 2.85 bits per heavy atom. The van der Waals surface area contributed by atoms with Gasteiger partial charge in [-0.3, -0.25) is 20.0 Å². The zero-order valence-electron chi connectivity index (χ0n) is 11.7. The molecule has 1 aromatic rings. The zero-order chi connectivity index (χ0) is 14.0. The number of carbonyl (C=O) groups excluding carboxylic acids is 1. The van der Waals surface area contributed by atoms with E-state index in [-0.39, 0.29) is 5.91 Å². The number of nitrogens with one attached hydrogen (secondary N) is 2. The predicted molar refractivity (Wildman–Crippen MR) is 78.3 cm³/mol. The van der Waals surface area contributed by atoms with Crippen molar-refractivity contribution in [3.8, 4) is 0 Å². The van der Waals surface area contributed by atoms with Gasteiger partial charge in [0.15, 0.2) is 5.96 Å². The number of guanidine groups is 1. The molecule has 0 saturated carbocycles. The van der Waals surface area contributed by atoms with Crippen molar-refractivity contribution in [2.75, 3.05) is 20.1 Å². The summed E-state index contributed by atoms with van der Waals surface area (Å²) < 4.78 is 0. The van der Waals surface area contributed by atoms with Gasteiger partial charge in [-0.2, -0.15) is 0 Å². The van der Waals surface area contributed by atoms with Crippen molar-refractivity contribution in [1.82, 2.24) is 15.5 Å². The average Bonchev–Trinajstić information content (AvgIpc) is 2.76. The van der Waals surface area contributed by atoms with Crippen LogP contribution in [0.5, 0.6) is 0 Å². The highest BCUT2D eigenvalue weighted by Gasteiger charge is 2.47. The third kappa shape index (κ3) is 2.41. The van der Waals surface area contributed by atoms with Gasteiger partial charge in [-0.15, -0.1) is 0 Å². The standard InChI is InChI=1S/C15H20N4O/c1-16-14-17-13(20)15(18-14)8-5-9-19(11-15)10-12-6-3-2-4-7-12/h2-4,6-7H,5,8-11H2,1H3,(H2,16,17,18,20). The van der Waals surface area contributed by atoms with Crippen LogP contribution in [0.4, 0.5) is 0 Å². The third-order valence-electron chi connectivity index (χ3n) is 4.07. The van der Waals surface area contributed by atoms with E-state index in [1.165, 1.54) is 5.56 Å². The van der Waals surface area contributed by atoms with Gasteiger partial charge in [0.2, 0.25) is 0 Å². The lowest BCUT2D eigenvalue weighted by molar-refractivity contribution is -0.126. The second-order valence-electron chi connectivity index (χ2n) is 5.53. The molecule has 0 bridgehead atoms. The molecule has 1 unspecified atom stereocenters. The lowest BCUT2D eigenvalue weighted by Crippen LogP contribution is -2.58. The van der Waals surface area contributed by atoms with E-state index >= 15 is 0 Å². The molecule has 2 fully saturated rings. The number of hydrogen-bond donors (Lipinski definition) is 2. The Balaban J connectivity index is 1.72. The summed E-state index contributed by atoms with van der Waals surface area (Å²) in [5.74, 6) is 0.646. The van der Waals surface area contributed by atoms with Crippen LogP contribution in [0.1, 0.15) is 18.4 Å². The summed E-state index contributed by atoms with van der Waals surface area (Å²) in [6, 6.07) is 10.4. The highest BCUT2D eigenvalue weighted by Crippen LogP contribution is 2.25. The summed E-state index contributed by atoms with van der Waals surface area (Å²) in [5, 5.41) is 6.09. The summed E-state index contributed by atoms with van der Waals surface area (Å²) in [4.78, 5) is 18.6. The van der Waals surface area contributed by atoms with Crippen LogP contribution >= 0.6 is 0 Å². The molecule has 2 aliphatic heterocycles. The highest BCUT2D eigenvalue weighted by atomic mass is 16.2. The molecule has 20 heavy (non-hydrogen) atoms. The van der Waals surface area contributed by atoms with Crippen LogP contribution in [-0.4, -0.2) is 42.4 Å². The summed E-state index contributed by atoms with van der Waals surface area (Å²) in [5.41, 5.74) is 0.786. The van der Waals surface area contributed by atoms with Crippen LogP contribution in [0.2, 0.25) is 0 Å².